The molecule has 8 heteroatoms. The van der Waals surface area contributed by atoms with Gasteiger partial charge >= 0.3 is 0 Å². The maximum absolute atomic E-state index is 12.7. The fourth-order valence-electron chi connectivity index (χ4n) is 3.41. The second-order valence-corrected chi connectivity index (χ2v) is 7.37. The van der Waals surface area contributed by atoms with Gasteiger partial charge in [0.15, 0.2) is 5.82 Å². The minimum Gasteiger partial charge on any atom is -0.464 e. The van der Waals surface area contributed by atoms with Crippen LogP contribution < -0.4 is 16.4 Å². The first-order valence-corrected chi connectivity index (χ1v) is 10.2. The summed E-state index contributed by atoms with van der Waals surface area (Å²) >= 11 is 0. The van der Waals surface area contributed by atoms with Gasteiger partial charge in [-0.3, -0.25) is 9.59 Å². The minimum absolute atomic E-state index is 0.213. The number of aromatic nitrogens is 2. The van der Waals surface area contributed by atoms with Crippen LogP contribution in [0.25, 0.3) is 22.4 Å². The number of carbonyl (C=O) groups excluding carboxylic acids is 2. The Morgan fingerprint density at radius 3 is 2.45 bits per heavy atom. The van der Waals surface area contributed by atoms with Gasteiger partial charge in [0, 0.05) is 16.8 Å². The van der Waals surface area contributed by atoms with Gasteiger partial charge in [0.2, 0.25) is 0 Å². The number of aromatic amines is 1. The molecular weight excluding hydrogens is 418 g/mol. The van der Waals surface area contributed by atoms with Gasteiger partial charge in [-0.05, 0) is 66.7 Å². The van der Waals surface area contributed by atoms with Gasteiger partial charge in [-0.1, -0.05) is 12.1 Å². The summed E-state index contributed by atoms with van der Waals surface area (Å²) in [5, 5.41) is 5.59. The number of nitrogens with two attached hydrogens (primary N) is 1. The molecule has 2 heterocycles. The normalized spacial score (nSPS) is 10.8. The molecule has 0 radical (unpaired) electrons. The van der Waals surface area contributed by atoms with Crippen LogP contribution in [-0.4, -0.2) is 21.8 Å². The lowest BCUT2D eigenvalue weighted by atomic mass is 10.1. The van der Waals surface area contributed by atoms with Crippen molar-refractivity contribution in [2.45, 2.75) is 0 Å². The van der Waals surface area contributed by atoms with Gasteiger partial charge < -0.3 is 25.8 Å². The molecule has 2 amide bonds. The molecule has 0 fully saturated rings. The molecule has 2 aromatic heterocycles. The maximum Gasteiger partial charge on any atom is 0.291 e. The largest absolute Gasteiger partial charge is 0.464 e. The van der Waals surface area contributed by atoms with Crippen LogP contribution >= 0.6 is 0 Å². The molecule has 5 N–H and O–H groups in total. The third kappa shape index (κ3) is 4.17. The summed E-state index contributed by atoms with van der Waals surface area (Å²) in [5.41, 5.74) is 10.2. The lowest BCUT2D eigenvalue weighted by molar-refractivity contribution is 0.101. The molecule has 0 aliphatic carbocycles. The van der Waals surface area contributed by atoms with E-state index in [0.717, 1.165) is 11.1 Å². The molecule has 5 aromatic rings. The Hall–Kier alpha value is -4.85. The molecule has 8 nitrogen and oxygen atoms in total. The molecular formula is C25H19N5O3. The highest BCUT2D eigenvalue weighted by molar-refractivity contribution is 6.07. The summed E-state index contributed by atoms with van der Waals surface area (Å²) in [5.74, 6) is 0.194. The first kappa shape index (κ1) is 20.1. The number of nitrogens with one attached hydrogen (secondary N) is 3. The quantitative estimate of drug-likeness (QED) is 0.291. The SMILES string of the molecule is Nc1ccc(-c2ccco2)cc1NC(=O)c1ccc(NC(=O)c2nc3ccccc3[nH]2)cc1. The molecule has 0 bridgehead atoms. The number of furan rings is 1. The number of hydrogen-bond donors (Lipinski definition) is 4. The van der Waals surface area contributed by atoms with Crippen LogP contribution in [0.15, 0.2) is 89.5 Å². The third-order valence-corrected chi connectivity index (χ3v) is 5.12. The van der Waals surface area contributed by atoms with E-state index in [4.69, 9.17) is 10.2 Å². The number of nitrogens with zero attached hydrogens (tertiary/aromatic N) is 1. The number of carbonyl (C=O) groups is 2. The van der Waals surface area contributed by atoms with Gasteiger partial charge in [0.25, 0.3) is 11.8 Å². The Kier molecular flexibility index (Phi) is 5.08. The van der Waals surface area contributed by atoms with Crippen molar-refractivity contribution in [2.75, 3.05) is 16.4 Å². The summed E-state index contributed by atoms with van der Waals surface area (Å²) in [7, 11) is 0. The Morgan fingerprint density at radius 2 is 1.70 bits per heavy atom. The van der Waals surface area contributed by atoms with E-state index in [1.54, 1.807) is 48.7 Å². The number of para-hydroxylation sites is 2. The number of hydrogen-bond acceptors (Lipinski definition) is 5. The molecule has 162 valence electrons. The van der Waals surface area contributed by atoms with Gasteiger partial charge in [-0.2, -0.15) is 0 Å². The molecule has 0 aliphatic heterocycles. The third-order valence-electron chi connectivity index (χ3n) is 5.12. The monoisotopic (exact) mass is 437 g/mol. The number of H-pyrrole nitrogens is 1. The summed E-state index contributed by atoms with van der Waals surface area (Å²) in [6.07, 6.45) is 1.58. The van der Waals surface area contributed by atoms with Crippen LogP contribution in [0.2, 0.25) is 0 Å². The molecule has 0 saturated heterocycles. The Labute approximate surface area is 188 Å². The topological polar surface area (TPSA) is 126 Å². The van der Waals surface area contributed by atoms with Gasteiger partial charge in [-0.25, -0.2) is 4.98 Å². The Bertz CT molecular complexity index is 1420. The molecule has 33 heavy (non-hydrogen) atoms. The Balaban J connectivity index is 1.28. The van der Waals surface area contributed by atoms with E-state index >= 15 is 0 Å². The van der Waals surface area contributed by atoms with Crippen molar-refractivity contribution >= 4 is 39.9 Å². The standard InChI is InChI=1S/C25H19N5O3/c26-18-12-9-16(22-6-3-13-33-22)14-21(18)30-24(31)15-7-10-17(11-8-15)27-25(32)23-28-19-4-1-2-5-20(19)29-23/h1-14H,26H2,(H,27,32)(H,28,29)(H,30,31). The number of anilines is 3. The number of benzene rings is 3. The fraction of sp³-hybridized carbons (Fsp3) is 0. The zero-order chi connectivity index (χ0) is 22.8. The lowest BCUT2D eigenvalue weighted by Gasteiger charge is -2.10. The second kappa shape index (κ2) is 8.35. The first-order valence-electron chi connectivity index (χ1n) is 10.2. The van der Waals surface area contributed by atoms with E-state index in [1.807, 2.05) is 36.4 Å². The summed E-state index contributed by atoms with van der Waals surface area (Å²) in [6, 6.07) is 22.9. The van der Waals surface area contributed by atoms with E-state index in [0.29, 0.717) is 33.9 Å². The number of fused-ring (bicyclic) bond motifs is 1. The van der Waals surface area contributed by atoms with Crippen molar-refractivity contribution in [2.24, 2.45) is 0 Å². The predicted molar refractivity (Wildman–Crippen MR) is 127 cm³/mol. The van der Waals surface area contributed by atoms with Crippen molar-refractivity contribution in [3.63, 3.8) is 0 Å². The van der Waals surface area contributed by atoms with E-state index in [9.17, 15) is 9.59 Å². The molecule has 5 rings (SSSR count). The molecule has 0 unspecified atom stereocenters. The minimum atomic E-state index is -0.370. The smallest absolute Gasteiger partial charge is 0.291 e. The number of amides is 2. The molecule has 0 saturated carbocycles. The highest BCUT2D eigenvalue weighted by Crippen LogP contribution is 2.28. The van der Waals surface area contributed by atoms with Gasteiger partial charge in [0.1, 0.15) is 5.76 Å². The number of nitrogen functional groups attached to an aromatic ring is 1. The Morgan fingerprint density at radius 1 is 0.879 bits per heavy atom. The fourth-order valence-corrected chi connectivity index (χ4v) is 3.41. The van der Waals surface area contributed by atoms with E-state index in [1.165, 1.54) is 0 Å². The highest BCUT2D eigenvalue weighted by Gasteiger charge is 2.13. The number of rotatable bonds is 5. The zero-order valence-corrected chi connectivity index (χ0v) is 17.3. The van der Waals surface area contributed by atoms with E-state index in [-0.39, 0.29) is 17.6 Å². The van der Waals surface area contributed by atoms with Crippen molar-refractivity contribution in [3.05, 3.63) is 96.5 Å². The van der Waals surface area contributed by atoms with Crippen LogP contribution in [0.5, 0.6) is 0 Å². The maximum atomic E-state index is 12.7. The summed E-state index contributed by atoms with van der Waals surface area (Å²) < 4.78 is 5.40. The van der Waals surface area contributed by atoms with Crippen LogP contribution in [0, 0.1) is 0 Å². The second-order valence-electron chi connectivity index (χ2n) is 7.37. The first-order chi connectivity index (χ1) is 16.1. The van der Waals surface area contributed by atoms with E-state index < -0.39 is 0 Å². The average molecular weight is 437 g/mol. The van der Waals surface area contributed by atoms with Gasteiger partial charge in [0.05, 0.1) is 28.7 Å². The van der Waals surface area contributed by atoms with Crippen molar-refractivity contribution < 1.29 is 14.0 Å². The van der Waals surface area contributed by atoms with E-state index in [2.05, 4.69) is 20.6 Å². The summed E-state index contributed by atoms with van der Waals surface area (Å²) in [6.45, 7) is 0. The summed E-state index contributed by atoms with van der Waals surface area (Å²) in [4.78, 5) is 32.5. The average Bonchev–Trinajstić information content (AvgIpc) is 3.51. The van der Waals surface area contributed by atoms with Gasteiger partial charge in [-0.15, -0.1) is 0 Å². The van der Waals surface area contributed by atoms with Crippen molar-refractivity contribution in [3.8, 4) is 11.3 Å². The molecule has 0 atom stereocenters. The predicted octanol–water partition coefficient (Wildman–Crippen LogP) is 4.91. The van der Waals surface area contributed by atoms with Crippen LogP contribution in [0.3, 0.4) is 0 Å². The molecule has 0 aliphatic rings. The number of imidazole rings is 1. The zero-order valence-electron chi connectivity index (χ0n) is 17.3. The molecule has 3 aromatic carbocycles. The highest BCUT2D eigenvalue weighted by atomic mass is 16.3. The van der Waals surface area contributed by atoms with Crippen LogP contribution in [0.4, 0.5) is 17.1 Å². The lowest BCUT2D eigenvalue weighted by Crippen LogP contribution is -2.15. The van der Waals surface area contributed by atoms with Crippen LogP contribution in [-0.2, 0) is 0 Å². The van der Waals surface area contributed by atoms with Crippen molar-refractivity contribution in [1.29, 1.82) is 0 Å². The molecule has 0 spiro atoms. The van der Waals surface area contributed by atoms with Crippen LogP contribution in [0.1, 0.15) is 21.0 Å². The van der Waals surface area contributed by atoms with Crippen molar-refractivity contribution in [1.82, 2.24) is 9.97 Å².